The maximum atomic E-state index is 11.8. The number of carbonyl (C=O) groups excluding carboxylic acids is 1. The van der Waals surface area contributed by atoms with Crippen molar-refractivity contribution in [1.82, 2.24) is 4.98 Å². The molecule has 0 bridgehead atoms. The van der Waals surface area contributed by atoms with Crippen LogP contribution in [0.2, 0.25) is 0 Å². The highest BCUT2D eigenvalue weighted by Gasteiger charge is 2.18. The number of hydrogen-bond acceptors (Lipinski definition) is 2. The number of carbonyl (C=O) groups is 1. The minimum absolute atomic E-state index is 0.0672. The summed E-state index contributed by atoms with van der Waals surface area (Å²) in [5.74, 6) is 0. The largest absolute Gasteiger partial charge is 0.444 e. The van der Waals surface area contributed by atoms with Gasteiger partial charge >= 0.3 is 6.09 Å². The molecule has 4 heteroatoms. The SMILES string of the molecule is CC(C)(C)OC(=O)Nc1ccc2[nH]c(C(C)(C)C)cc2c1. The van der Waals surface area contributed by atoms with Gasteiger partial charge in [0.2, 0.25) is 0 Å². The fourth-order valence-corrected chi connectivity index (χ4v) is 2.04. The molecule has 2 N–H and O–H groups in total. The fraction of sp³-hybridized carbons (Fsp3) is 0.471. The second-order valence-corrected chi connectivity index (χ2v) is 7.36. The van der Waals surface area contributed by atoms with E-state index in [4.69, 9.17) is 4.74 Å². The Morgan fingerprint density at radius 1 is 1.10 bits per heavy atom. The van der Waals surface area contributed by atoms with Gasteiger partial charge in [0, 0.05) is 27.7 Å². The first kappa shape index (κ1) is 15.4. The zero-order valence-corrected chi connectivity index (χ0v) is 13.6. The smallest absolute Gasteiger partial charge is 0.412 e. The third kappa shape index (κ3) is 4.00. The van der Waals surface area contributed by atoms with E-state index in [1.165, 1.54) is 5.69 Å². The molecule has 1 aromatic carbocycles. The van der Waals surface area contributed by atoms with Crippen LogP contribution in [0.5, 0.6) is 0 Å². The quantitative estimate of drug-likeness (QED) is 0.791. The zero-order valence-electron chi connectivity index (χ0n) is 13.6. The normalized spacial score (nSPS) is 12.5. The summed E-state index contributed by atoms with van der Waals surface area (Å²) in [7, 11) is 0. The lowest BCUT2D eigenvalue weighted by atomic mass is 9.92. The summed E-state index contributed by atoms with van der Waals surface area (Å²) in [6.07, 6.45) is -0.437. The van der Waals surface area contributed by atoms with Gasteiger partial charge in [0.05, 0.1) is 0 Å². The van der Waals surface area contributed by atoms with Gasteiger partial charge in [-0.05, 0) is 45.0 Å². The van der Waals surface area contributed by atoms with Crippen molar-refractivity contribution in [1.29, 1.82) is 0 Å². The third-order valence-electron chi connectivity index (χ3n) is 3.07. The van der Waals surface area contributed by atoms with E-state index in [-0.39, 0.29) is 5.41 Å². The maximum absolute atomic E-state index is 11.8. The highest BCUT2D eigenvalue weighted by Crippen LogP contribution is 2.27. The Morgan fingerprint density at radius 2 is 1.76 bits per heavy atom. The molecule has 21 heavy (non-hydrogen) atoms. The molecular weight excluding hydrogens is 264 g/mol. The van der Waals surface area contributed by atoms with Gasteiger partial charge in [-0.1, -0.05) is 20.8 Å². The molecule has 4 nitrogen and oxygen atoms in total. The van der Waals surface area contributed by atoms with Crippen molar-refractivity contribution in [2.45, 2.75) is 52.6 Å². The molecule has 0 aliphatic carbocycles. The molecule has 0 aliphatic rings. The number of H-pyrrole nitrogens is 1. The van der Waals surface area contributed by atoms with Gasteiger partial charge < -0.3 is 9.72 Å². The summed E-state index contributed by atoms with van der Waals surface area (Å²) in [6, 6.07) is 7.91. The van der Waals surface area contributed by atoms with Gasteiger partial charge in [-0.3, -0.25) is 5.32 Å². The second-order valence-electron chi connectivity index (χ2n) is 7.36. The van der Waals surface area contributed by atoms with Crippen LogP contribution in [0.1, 0.15) is 47.2 Å². The van der Waals surface area contributed by atoms with E-state index < -0.39 is 11.7 Å². The highest BCUT2D eigenvalue weighted by molar-refractivity contribution is 5.90. The van der Waals surface area contributed by atoms with E-state index in [1.54, 1.807) is 0 Å². The van der Waals surface area contributed by atoms with Crippen LogP contribution in [0.25, 0.3) is 10.9 Å². The van der Waals surface area contributed by atoms with Crippen molar-refractivity contribution < 1.29 is 9.53 Å². The third-order valence-corrected chi connectivity index (χ3v) is 3.07. The molecule has 1 amide bonds. The summed E-state index contributed by atoms with van der Waals surface area (Å²) >= 11 is 0. The molecule has 2 aromatic rings. The predicted molar refractivity (Wildman–Crippen MR) is 86.9 cm³/mol. The van der Waals surface area contributed by atoms with E-state index in [0.29, 0.717) is 0 Å². The second kappa shape index (κ2) is 5.10. The van der Waals surface area contributed by atoms with Crippen molar-refractivity contribution >= 4 is 22.7 Å². The molecule has 0 spiro atoms. The van der Waals surface area contributed by atoms with E-state index in [2.05, 4.69) is 37.1 Å². The zero-order chi connectivity index (χ0) is 15.8. The van der Waals surface area contributed by atoms with E-state index >= 15 is 0 Å². The number of nitrogens with one attached hydrogen (secondary N) is 2. The summed E-state index contributed by atoms with van der Waals surface area (Å²) < 4.78 is 5.26. The number of aromatic nitrogens is 1. The van der Waals surface area contributed by atoms with Crippen molar-refractivity contribution in [2.24, 2.45) is 0 Å². The molecule has 0 radical (unpaired) electrons. The van der Waals surface area contributed by atoms with E-state index in [0.717, 1.165) is 16.6 Å². The molecule has 0 fully saturated rings. The summed E-state index contributed by atoms with van der Waals surface area (Å²) in [5.41, 5.74) is 2.54. The number of rotatable bonds is 1. The molecule has 0 unspecified atom stereocenters. The molecule has 114 valence electrons. The van der Waals surface area contributed by atoms with E-state index in [9.17, 15) is 4.79 Å². The summed E-state index contributed by atoms with van der Waals surface area (Å²) in [5, 5.41) is 3.84. The highest BCUT2D eigenvalue weighted by atomic mass is 16.6. The predicted octanol–water partition coefficient (Wildman–Crippen LogP) is 4.81. The van der Waals surface area contributed by atoms with Gasteiger partial charge in [0.1, 0.15) is 5.60 Å². The Hall–Kier alpha value is -1.97. The molecule has 1 aromatic heterocycles. The Balaban J connectivity index is 2.21. The average Bonchev–Trinajstić information content (AvgIpc) is 2.68. The lowest BCUT2D eigenvalue weighted by Gasteiger charge is -2.19. The van der Waals surface area contributed by atoms with Crippen molar-refractivity contribution in [3.05, 3.63) is 30.0 Å². The van der Waals surface area contributed by atoms with Crippen LogP contribution in [0.15, 0.2) is 24.3 Å². The van der Waals surface area contributed by atoms with Gasteiger partial charge in [-0.25, -0.2) is 4.79 Å². The minimum Gasteiger partial charge on any atom is -0.444 e. The first-order valence-electron chi connectivity index (χ1n) is 7.18. The molecule has 0 saturated carbocycles. The number of fused-ring (bicyclic) bond motifs is 1. The molecular formula is C17H24N2O2. The topological polar surface area (TPSA) is 54.1 Å². The van der Waals surface area contributed by atoms with Crippen molar-refractivity contribution in [3.8, 4) is 0 Å². The Labute approximate surface area is 125 Å². The number of anilines is 1. The van der Waals surface area contributed by atoms with Crippen LogP contribution in [-0.2, 0) is 10.2 Å². The van der Waals surface area contributed by atoms with Crippen LogP contribution in [-0.4, -0.2) is 16.7 Å². The Morgan fingerprint density at radius 3 is 2.33 bits per heavy atom. The average molecular weight is 288 g/mol. The molecule has 0 aliphatic heterocycles. The number of aromatic amines is 1. The van der Waals surface area contributed by atoms with Gasteiger partial charge in [-0.2, -0.15) is 0 Å². The number of ether oxygens (including phenoxy) is 1. The van der Waals surface area contributed by atoms with E-state index in [1.807, 2.05) is 39.0 Å². The molecule has 1 heterocycles. The van der Waals surface area contributed by atoms with Crippen LogP contribution >= 0.6 is 0 Å². The number of benzene rings is 1. The van der Waals surface area contributed by atoms with Crippen LogP contribution in [0, 0.1) is 0 Å². The lowest BCUT2D eigenvalue weighted by molar-refractivity contribution is 0.0636. The van der Waals surface area contributed by atoms with Crippen LogP contribution in [0.3, 0.4) is 0 Å². The van der Waals surface area contributed by atoms with Gasteiger partial charge in [-0.15, -0.1) is 0 Å². The summed E-state index contributed by atoms with van der Waals surface area (Å²) in [4.78, 5) is 15.2. The first-order chi connectivity index (χ1) is 9.54. The van der Waals surface area contributed by atoms with Crippen molar-refractivity contribution in [2.75, 3.05) is 5.32 Å². The Kier molecular flexibility index (Phi) is 3.74. The number of amides is 1. The lowest BCUT2D eigenvalue weighted by Crippen LogP contribution is -2.27. The molecule has 0 saturated heterocycles. The minimum atomic E-state index is -0.498. The van der Waals surface area contributed by atoms with Crippen LogP contribution < -0.4 is 5.32 Å². The monoisotopic (exact) mass is 288 g/mol. The molecule has 0 atom stereocenters. The fourth-order valence-electron chi connectivity index (χ4n) is 2.04. The summed E-state index contributed by atoms with van der Waals surface area (Å²) in [6.45, 7) is 12.0. The van der Waals surface area contributed by atoms with Crippen molar-refractivity contribution in [3.63, 3.8) is 0 Å². The van der Waals surface area contributed by atoms with Gasteiger partial charge in [0.15, 0.2) is 0 Å². The van der Waals surface area contributed by atoms with Gasteiger partial charge in [0.25, 0.3) is 0 Å². The van der Waals surface area contributed by atoms with Crippen LogP contribution in [0.4, 0.5) is 10.5 Å². The maximum Gasteiger partial charge on any atom is 0.412 e. The first-order valence-corrected chi connectivity index (χ1v) is 7.18. The Bertz CT molecular complexity index is 657. The molecule has 2 rings (SSSR count). The standard InChI is InChI=1S/C17H24N2O2/c1-16(2,3)14-10-11-9-12(7-8-13(11)19-14)18-15(20)21-17(4,5)6/h7-10,19H,1-6H3,(H,18,20). The number of hydrogen-bond donors (Lipinski definition) is 2.